The van der Waals surface area contributed by atoms with Gasteiger partial charge in [-0.05, 0) is 46.5 Å². The Hall–Kier alpha value is -1.99. The van der Waals surface area contributed by atoms with Crippen LogP contribution in [0.4, 0.5) is 4.39 Å². The van der Waals surface area contributed by atoms with Crippen molar-refractivity contribution in [2.45, 2.75) is 44.6 Å². The Kier molecular flexibility index (Phi) is 5.38. The van der Waals surface area contributed by atoms with Crippen molar-refractivity contribution in [3.05, 3.63) is 56.6 Å². The van der Waals surface area contributed by atoms with Gasteiger partial charge < -0.3 is 14.8 Å². The van der Waals surface area contributed by atoms with Crippen LogP contribution < -0.4 is 5.32 Å². The van der Waals surface area contributed by atoms with Crippen LogP contribution in [0.3, 0.4) is 0 Å². The van der Waals surface area contributed by atoms with Crippen LogP contribution in [0, 0.1) is 5.82 Å². The Labute approximate surface area is 171 Å². The van der Waals surface area contributed by atoms with Crippen LogP contribution in [0.25, 0.3) is 0 Å². The number of hydrogen-bond donors (Lipinski definition) is 1. The van der Waals surface area contributed by atoms with Gasteiger partial charge in [0.2, 0.25) is 0 Å². The van der Waals surface area contributed by atoms with E-state index in [1.54, 1.807) is 12.1 Å². The van der Waals surface area contributed by atoms with Gasteiger partial charge in [-0.3, -0.25) is 4.79 Å². The molecule has 0 bridgehead atoms. The van der Waals surface area contributed by atoms with Gasteiger partial charge in [0.25, 0.3) is 0 Å². The van der Waals surface area contributed by atoms with Gasteiger partial charge in [0.05, 0.1) is 22.3 Å². The highest BCUT2D eigenvalue weighted by molar-refractivity contribution is 9.10. The summed E-state index contributed by atoms with van der Waals surface area (Å²) in [4.78, 5) is 25.5. The van der Waals surface area contributed by atoms with Gasteiger partial charge in [-0.1, -0.05) is 25.8 Å². The van der Waals surface area contributed by atoms with Gasteiger partial charge >= 0.3 is 5.97 Å². The smallest absolute Gasteiger partial charge is 0.337 e. The fourth-order valence-corrected chi connectivity index (χ4v) is 4.48. The van der Waals surface area contributed by atoms with Crippen LogP contribution in [0.15, 0.2) is 45.2 Å². The molecule has 0 unspecified atom stereocenters. The molecule has 5 nitrogen and oxygen atoms in total. The highest BCUT2D eigenvalue weighted by Gasteiger charge is 2.46. The third-order valence-corrected chi connectivity index (χ3v) is 6.00. The van der Waals surface area contributed by atoms with Gasteiger partial charge in [0, 0.05) is 17.2 Å². The molecule has 28 heavy (non-hydrogen) atoms. The molecule has 1 aromatic rings. The number of esters is 1. The van der Waals surface area contributed by atoms with Crippen LogP contribution >= 0.6 is 15.9 Å². The minimum absolute atomic E-state index is 0.0308. The van der Waals surface area contributed by atoms with Crippen molar-refractivity contribution >= 4 is 27.7 Å². The normalized spacial score (nSPS) is 24.1. The number of hydrogen-bond acceptors (Lipinski definition) is 5. The Morgan fingerprint density at radius 1 is 1.21 bits per heavy atom. The second-order valence-corrected chi connectivity index (χ2v) is 8.11. The summed E-state index contributed by atoms with van der Waals surface area (Å²) in [5, 5.41) is 3.26. The summed E-state index contributed by atoms with van der Waals surface area (Å²) in [5.41, 5.74) is 3.02. The predicted molar refractivity (Wildman–Crippen MR) is 104 cm³/mol. The predicted octanol–water partition coefficient (Wildman–Crippen LogP) is 3.89. The maximum Gasteiger partial charge on any atom is 0.337 e. The molecule has 0 spiro atoms. The topological polar surface area (TPSA) is 64.6 Å². The van der Waals surface area contributed by atoms with Crippen LogP contribution in [0.1, 0.15) is 44.1 Å². The number of ketones is 1. The summed E-state index contributed by atoms with van der Waals surface area (Å²) in [7, 11) is 0. The summed E-state index contributed by atoms with van der Waals surface area (Å²) in [6, 6.07) is 4.58. The average Bonchev–Trinajstić information content (AvgIpc) is 2.98. The number of halogens is 2. The number of unbranched alkanes of at least 4 members (excludes halogenated alkanes) is 2. The van der Waals surface area contributed by atoms with Gasteiger partial charge in [-0.25, -0.2) is 9.18 Å². The number of carbonyl (C=O) groups is 2. The van der Waals surface area contributed by atoms with Crippen molar-refractivity contribution in [2.75, 3.05) is 13.2 Å². The first kappa shape index (κ1) is 19.3. The number of cyclic esters (lactones) is 1. The Morgan fingerprint density at radius 3 is 2.79 bits per heavy atom. The molecule has 0 saturated carbocycles. The number of benzene rings is 1. The molecule has 148 valence electrons. The van der Waals surface area contributed by atoms with Crippen LogP contribution in [0.2, 0.25) is 0 Å². The molecule has 2 atom stereocenters. The van der Waals surface area contributed by atoms with Crippen LogP contribution in [-0.4, -0.2) is 31.1 Å². The minimum Gasteiger partial charge on any atom is -0.452 e. The molecule has 1 N–H and O–H groups in total. The van der Waals surface area contributed by atoms with Crippen molar-refractivity contribution < 1.29 is 23.5 Å². The first-order valence-corrected chi connectivity index (χ1v) is 10.3. The monoisotopic (exact) mass is 449 g/mol. The van der Waals surface area contributed by atoms with E-state index in [-0.39, 0.29) is 25.1 Å². The van der Waals surface area contributed by atoms with Crippen molar-refractivity contribution in [3.8, 4) is 0 Å². The average molecular weight is 450 g/mol. The molecule has 4 rings (SSSR count). The number of ether oxygens (including phenoxy) is 2. The zero-order valence-corrected chi connectivity index (χ0v) is 17.1. The number of nitrogens with one attached hydrogen (secondary N) is 1. The van der Waals surface area contributed by atoms with E-state index >= 15 is 0 Å². The van der Waals surface area contributed by atoms with Gasteiger partial charge in [0.15, 0.2) is 5.78 Å². The fourth-order valence-electron chi connectivity index (χ4n) is 4.08. The quantitative estimate of drug-likeness (QED) is 0.545. The molecule has 0 amide bonds. The van der Waals surface area contributed by atoms with Gasteiger partial charge in [-0.2, -0.15) is 0 Å². The highest BCUT2D eigenvalue weighted by atomic mass is 79.9. The number of rotatable bonds is 5. The standard InChI is InChI=1S/C21H21BrFNO4/c1-2-3-4-5-16-20-19(21(26)28-16)17(11-6-7-13(23)12(22)8-11)18-14(24-20)9-27-10-15(18)25/h6-8,16-17,24H,2-5,9-10H2,1H3/t16-,17+/m0/s1. The van der Waals surface area contributed by atoms with E-state index in [1.807, 2.05) is 0 Å². The van der Waals surface area contributed by atoms with E-state index in [9.17, 15) is 14.0 Å². The summed E-state index contributed by atoms with van der Waals surface area (Å²) < 4.78 is 25.1. The fraction of sp³-hybridized carbons (Fsp3) is 0.429. The lowest BCUT2D eigenvalue weighted by molar-refractivity contribution is -0.140. The molecule has 1 aromatic carbocycles. The lowest BCUT2D eigenvalue weighted by Crippen LogP contribution is -2.38. The van der Waals surface area contributed by atoms with E-state index in [1.165, 1.54) is 6.07 Å². The molecule has 0 aliphatic carbocycles. The van der Waals surface area contributed by atoms with Crippen molar-refractivity contribution in [2.24, 2.45) is 0 Å². The van der Waals surface area contributed by atoms with Crippen LogP contribution in [-0.2, 0) is 19.1 Å². The van der Waals surface area contributed by atoms with Gasteiger partial charge in [0.1, 0.15) is 18.5 Å². The molecule has 0 radical (unpaired) electrons. The highest BCUT2D eigenvalue weighted by Crippen LogP contribution is 2.45. The lowest BCUT2D eigenvalue weighted by Gasteiger charge is -2.32. The van der Waals surface area contributed by atoms with E-state index in [4.69, 9.17) is 9.47 Å². The first-order valence-electron chi connectivity index (χ1n) is 9.52. The minimum atomic E-state index is -0.580. The first-order chi connectivity index (χ1) is 13.5. The Bertz CT molecular complexity index is 908. The molecule has 0 fully saturated rings. The lowest BCUT2D eigenvalue weighted by atomic mass is 9.78. The summed E-state index contributed by atoms with van der Waals surface area (Å²) in [6.45, 7) is 2.36. The SMILES string of the molecule is CCCCC[C@@H]1OC(=O)C2=C1NC1=C(C(=O)COC1)[C@H]2c1ccc(F)c(Br)c1. The molecular formula is C21H21BrFNO4. The number of Topliss-reactive ketones (excluding diaryl/α,β-unsaturated/α-hetero) is 1. The zero-order chi connectivity index (χ0) is 19.8. The maximum atomic E-state index is 13.8. The van der Waals surface area contributed by atoms with E-state index in [0.29, 0.717) is 32.6 Å². The van der Waals surface area contributed by atoms with E-state index in [0.717, 1.165) is 25.7 Å². The Morgan fingerprint density at radius 2 is 2.04 bits per heavy atom. The maximum absolute atomic E-state index is 13.8. The summed E-state index contributed by atoms with van der Waals surface area (Å²) >= 11 is 3.21. The third-order valence-electron chi connectivity index (χ3n) is 5.40. The largest absolute Gasteiger partial charge is 0.452 e. The van der Waals surface area contributed by atoms with Crippen LogP contribution in [0.5, 0.6) is 0 Å². The molecular weight excluding hydrogens is 429 g/mol. The van der Waals surface area contributed by atoms with Crippen molar-refractivity contribution in [1.82, 2.24) is 5.32 Å². The zero-order valence-electron chi connectivity index (χ0n) is 15.5. The van der Waals surface area contributed by atoms with E-state index in [2.05, 4.69) is 28.2 Å². The Balaban J connectivity index is 1.80. The molecule has 0 aromatic heterocycles. The third kappa shape index (κ3) is 3.31. The molecule has 3 aliphatic rings. The second kappa shape index (κ2) is 7.79. The van der Waals surface area contributed by atoms with Crippen molar-refractivity contribution in [3.63, 3.8) is 0 Å². The molecule has 3 aliphatic heterocycles. The summed E-state index contributed by atoms with van der Waals surface area (Å²) in [5.74, 6) is -1.57. The molecule has 7 heteroatoms. The second-order valence-electron chi connectivity index (χ2n) is 7.26. The molecule has 0 saturated heterocycles. The number of carbonyl (C=O) groups excluding carboxylic acids is 2. The molecule has 3 heterocycles. The number of dihydropyridines is 1. The van der Waals surface area contributed by atoms with Gasteiger partial charge in [-0.15, -0.1) is 0 Å². The van der Waals surface area contributed by atoms with E-state index < -0.39 is 17.7 Å². The summed E-state index contributed by atoms with van der Waals surface area (Å²) in [6.07, 6.45) is 3.44. The van der Waals surface area contributed by atoms with Crippen molar-refractivity contribution in [1.29, 1.82) is 0 Å².